The molecule has 154 valence electrons. The average Bonchev–Trinajstić information content (AvgIpc) is 3.09. The number of aromatic nitrogens is 2. The smallest absolute Gasteiger partial charge is 0.222 e. The maximum Gasteiger partial charge on any atom is 0.222 e. The fourth-order valence-electron chi connectivity index (χ4n) is 3.11. The van der Waals surface area contributed by atoms with E-state index in [4.69, 9.17) is 14.5 Å². The zero-order chi connectivity index (χ0) is 20.6. The first kappa shape index (κ1) is 20.7. The number of nitrogens with zero attached hydrogens (tertiary/aromatic N) is 2. The van der Waals surface area contributed by atoms with E-state index in [1.165, 1.54) is 0 Å². The molecule has 1 heterocycles. The van der Waals surface area contributed by atoms with E-state index >= 15 is 0 Å². The lowest BCUT2D eigenvalue weighted by molar-refractivity contribution is -0.124. The van der Waals surface area contributed by atoms with Gasteiger partial charge in [-0.3, -0.25) is 4.79 Å². The Morgan fingerprint density at radius 2 is 1.79 bits per heavy atom. The standard InChI is InChI=1S/C23H29N3O3/c1-17(2)23(27)24-16-22-25-20-8-4-5-9-21(20)26(22)14-6-7-15-29-19-12-10-18(28-3)11-13-19/h4-5,8-13,17H,6-7,14-16H2,1-3H3,(H,24,27). The summed E-state index contributed by atoms with van der Waals surface area (Å²) in [6.07, 6.45) is 1.89. The Labute approximate surface area is 171 Å². The Bertz CT molecular complexity index is 932. The van der Waals surface area contributed by atoms with Gasteiger partial charge < -0.3 is 19.4 Å². The van der Waals surface area contributed by atoms with E-state index in [-0.39, 0.29) is 11.8 Å². The molecular weight excluding hydrogens is 366 g/mol. The van der Waals surface area contributed by atoms with Crippen molar-refractivity contribution in [3.05, 3.63) is 54.4 Å². The van der Waals surface area contributed by atoms with Crippen molar-refractivity contribution in [3.8, 4) is 11.5 Å². The molecule has 1 aromatic heterocycles. The zero-order valence-corrected chi connectivity index (χ0v) is 17.4. The number of carbonyl (C=O) groups excluding carboxylic acids is 1. The lowest BCUT2D eigenvalue weighted by Gasteiger charge is -2.12. The third-order valence-electron chi connectivity index (χ3n) is 4.78. The van der Waals surface area contributed by atoms with Crippen LogP contribution in [0, 0.1) is 5.92 Å². The van der Waals surface area contributed by atoms with Crippen molar-refractivity contribution in [3.63, 3.8) is 0 Å². The number of nitrogens with one attached hydrogen (secondary N) is 1. The van der Waals surface area contributed by atoms with E-state index in [2.05, 4.69) is 16.0 Å². The molecule has 29 heavy (non-hydrogen) atoms. The van der Waals surface area contributed by atoms with Crippen molar-refractivity contribution in [2.75, 3.05) is 13.7 Å². The molecule has 0 aliphatic heterocycles. The Morgan fingerprint density at radius 1 is 1.07 bits per heavy atom. The number of imidazole rings is 1. The van der Waals surface area contributed by atoms with Crippen molar-refractivity contribution >= 4 is 16.9 Å². The summed E-state index contributed by atoms with van der Waals surface area (Å²) in [5.41, 5.74) is 2.05. The molecule has 0 saturated heterocycles. The summed E-state index contributed by atoms with van der Waals surface area (Å²) >= 11 is 0. The molecule has 0 saturated carbocycles. The van der Waals surface area contributed by atoms with Gasteiger partial charge in [-0.25, -0.2) is 4.98 Å². The van der Waals surface area contributed by atoms with Gasteiger partial charge in [0.25, 0.3) is 0 Å². The van der Waals surface area contributed by atoms with Crippen molar-refractivity contribution in [1.29, 1.82) is 0 Å². The molecule has 2 aromatic carbocycles. The van der Waals surface area contributed by atoms with Gasteiger partial charge in [0.05, 0.1) is 31.3 Å². The van der Waals surface area contributed by atoms with E-state index in [9.17, 15) is 4.79 Å². The van der Waals surface area contributed by atoms with E-state index in [0.717, 1.165) is 47.7 Å². The summed E-state index contributed by atoms with van der Waals surface area (Å²) in [6, 6.07) is 15.7. The van der Waals surface area contributed by atoms with Gasteiger partial charge in [-0.2, -0.15) is 0 Å². The fraction of sp³-hybridized carbons (Fsp3) is 0.391. The second kappa shape index (κ2) is 9.96. The number of hydrogen-bond donors (Lipinski definition) is 1. The Kier molecular flexibility index (Phi) is 7.11. The molecule has 0 unspecified atom stereocenters. The number of unbranched alkanes of at least 4 members (excludes halogenated alkanes) is 1. The van der Waals surface area contributed by atoms with Crippen molar-refractivity contribution in [2.45, 2.75) is 39.8 Å². The van der Waals surface area contributed by atoms with E-state index in [0.29, 0.717) is 13.2 Å². The lowest BCUT2D eigenvalue weighted by Crippen LogP contribution is -2.28. The summed E-state index contributed by atoms with van der Waals surface area (Å²) in [6.45, 7) is 5.70. The molecule has 0 radical (unpaired) electrons. The van der Waals surface area contributed by atoms with Gasteiger partial charge >= 0.3 is 0 Å². The molecule has 3 rings (SSSR count). The lowest BCUT2D eigenvalue weighted by atomic mass is 10.2. The molecule has 0 aliphatic rings. The van der Waals surface area contributed by atoms with Crippen LogP contribution < -0.4 is 14.8 Å². The van der Waals surface area contributed by atoms with Crippen LogP contribution in [0.1, 0.15) is 32.5 Å². The van der Waals surface area contributed by atoms with Crippen molar-refractivity contribution < 1.29 is 14.3 Å². The number of methoxy groups -OCH3 is 1. The molecule has 6 heteroatoms. The van der Waals surface area contributed by atoms with Gasteiger partial charge in [0, 0.05) is 12.5 Å². The number of carbonyl (C=O) groups is 1. The highest BCUT2D eigenvalue weighted by molar-refractivity contribution is 5.78. The van der Waals surface area contributed by atoms with Gasteiger partial charge in [0.1, 0.15) is 17.3 Å². The molecule has 0 atom stereocenters. The second-order valence-corrected chi connectivity index (χ2v) is 7.27. The highest BCUT2D eigenvalue weighted by atomic mass is 16.5. The predicted octanol–water partition coefficient (Wildman–Crippen LogP) is 4.18. The van der Waals surface area contributed by atoms with E-state index < -0.39 is 0 Å². The second-order valence-electron chi connectivity index (χ2n) is 7.27. The minimum atomic E-state index is -0.0390. The minimum absolute atomic E-state index is 0.0384. The fourth-order valence-corrected chi connectivity index (χ4v) is 3.11. The number of benzene rings is 2. The van der Waals surface area contributed by atoms with Crippen LogP contribution in [0.3, 0.4) is 0 Å². The Balaban J connectivity index is 1.56. The molecule has 1 N–H and O–H groups in total. The van der Waals surface area contributed by atoms with Crippen LogP contribution >= 0.6 is 0 Å². The largest absolute Gasteiger partial charge is 0.497 e. The number of hydrogen-bond acceptors (Lipinski definition) is 4. The topological polar surface area (TPSA) is 65.4 Å². The highest BCUT2D eigenvalue weighted by Gasteiger charge is 2.12. The summed E-state index contributed by atoms with van der Waals surface area (Å²) in [7, 11) is 1.65. The highest BCUT2D eigenvalue weighted by Crippen LogP contribution is 2.19. The predicted molar refractivity (Wildman–Crippen MR) is 114 cm³/mol. The van der Waals surface area contributed by atoms with Crippen LogP contribution in [0.2, 0.25) is 0 Å². The first-order valence-electron chi connectivity index (χ1n) is 10.1. The van der Waals surface area contributed by atoms with Gasteiger partial charge in [0.2, 0.25) is 5.91 Å². The van der Waals surface area contributed by atoms with Crippen LogP contribution in [0.25, 0.3) is 11.0 Å². The quantitative estimate of drug-likeness (QED) is 0.523. The first-order valence-corrected chi connectivity index (χ1v) is 10.1. The minimum Gasteiger partial charge on any atom is -0.497 e. The Morgan fingerprint density at radius 3 is 2.52 bits per heavy atom. The molecule has 6 nitrogen and oxygen atoms in total. The average molecular weight is 396 g/mol. The first-order chi connectivity index (χ1) is 14.1. The molecule has 3 aromatic rings. The molecule has 0 spiro atoms. The third-order valence-corrected chi connectivity index (χ3v) is 4.78. The number of amides is 1. The number of para-hydroxylation sites is 2. The van der Waals surface area contributed by atoms with Gasteiger partial charge in [-0.15, -0.1) is 0 Å². The normalized spacial score (nSPS) is 11.0. The molecule has 0 aliphatic carbocycles. The number of aryl methyl sites for hydroxylation is 1. The van der Waals surface area contributed by atoms with Crippen LogP contribution in [0.5, 0.6) is 11.5 Å². The van der Waals surface area contributed by atoms with Crippen LogP contribution in [0.15, 0.2) is 48.5 Å². The third kappa shape index (κ3) is 5.50. The van der Waals surface area contributed by atoms with Crippen LogP contribution in [0.4, 0.5) is 0 Å². The zero-order valence-electron chi connectivity index (χ0n) is 17.4. The number of rotatable bonds is 10. The summed E-state index contributed by atoms with van der Waals surface area (Å²) in [5.74, 6) is 2.55. The van der Waals surface area contributed by atoms with Crippen molar-refractivity contribution in [1.82, 2.24) is 14.9 Å². The maximum absolute atomic E-state index is 11.9. The van der Waals surface area contributed by atoms with Gasteiger partial charge in [0.15, 0.2) is 0 Å². The molecule has 0 bridgehead atoms. The SMILES string of the molecule is COc1ccc(OCCCCn2c(CNC(=O)C(C)C)nc3ccccc32)cc1. The van der Waals surface area contributed by atoms with Crippen LogP contribution in [-0.4, -0.2) is 29.2 Å². The summed E-state index contributed by atoms with van der Waals surface area (Å²) in [5, 5.41) is 2.97. The molecule has 0 fully saturated rings. The molecule has 1 amide bonds. The Hall–Kier alpha value is -3.02. The summed E-state index contributed by atoms with van der Waals surface area (Å²) in [4.78, 5) is 16.7. The van der Waals surface area contributed by atoms with Crippen LogP contribution in [-0.2, 0) is 17.9 Å². The number of ether oxygens (including phenoxy) is 2. The van der Waals surface area contributed by atoms with Crippen molar-refractivity contribution in [2.24, 2.45) is 5.92 Å². The van der Waals surface area contributed by atoms with Gasteiger partial charge in [-0.05, 0) is 49.2 Å². The van der Waals surface area contributed by atoms with E-state index in [1.54, 1.807) is 7.11 Å². The monoisotopic (exact) mass is 395 g/mol. The van der Waals surface area contributed by atoms with Gasteiger partial charge in [-0.1, -0.05) is 26.0 Å². The number of fused-ring (bicyclic) bond motifs is 1. The summed E-state index contributed by atoms with van der Waals surface area (Å²) < 4.78 is 13.2. The van der Waals surface area contributed by atoms with E-state index in [1.807, 2.05) is 56.3 Å². The maximum atomic E-state index is 11.9. The molecular formula is C23H29N3O3.